The highest BCUT2D eigenvalue weighted by molar-refractivity contribution is 9.10. The molecule has 0 saturated heterocycles. The first-order chi connectivity index (χ1) is 6.18. The second-order valence-electron chi connectivity index (χ2n) is 2.98. The third-order valence-corrected chi connectivity index (χ3v) is 2.72. The fraction of sp³-hybridized carbons (Fsp3) is 0.100. The zero-order chi connectivity index (χ0) is 9.42. The molecular formula is C10H8BrNO. The van der Waals surface area contributed by atoms with E-state index in [4.69, 9.17) is 0 Å². The molecule has 0 spiro atoms. The Morgan fingerprint density at radius 3 is 2.77 bits per heavy atom. The largest absolute Gasteiger partial charge is 0.321 e. The summed E-state index contributed by atoms with van der Waals surface area (Å²) in [6.07, 6.45) is 0. The van der Waals surface area contributed by atoms with Gasteiger partial charge in [0.05, 0.1) is 5.52 Å². The summed E-state index contributed by atoms with van der Waals surface area (Å²) in [5.41, 5.74) is 1.96. The maximum Gasteiger partial charge on any atom is 0.248 e. The highest BCUT2D eigenvalue weighted by Crippen LogP contribution is 2.23. The molecule has 1 N–H and O–H groups in total. The number of H-pyrrole nitrogens is 1. The van der Waals surface area contributed by atoms with Crippen LogP contribution in [-0.4, -0.2) is 4.98 Å². The molecule has 0 saturated carbocycles. The van der Waals surface area contributed by atoms with Gasteiger partial charge in [-0.05, 0) is 40.5 Å². The zero-order valence-electron chi connectivity index (χ0n) is 7.10. The van der Waals surface area contributed by atoms with Gasteiger partial charge in [-0.2, -0.15) is 0 Å². The van der Waals surface area contributed by atoms with Gasteiger partial charge in [-0.25, -0.2) is 0 Å². The molecule has 1 aromatic carbocycles. The summed E-state index contributed by atoms with van der Waals surface area (Å²) in [7, 11) is 0. The molecule has 13 heavy (non-hydrogen) atoms. The number of fused-ring (bicyclic) bond motifs is 1. The van der Waals surface area contributed by atoms with E-state index in [9.17, 15) is 4.79 Å². The van der Waals surface area contributed by atoms with Crippen molar-refractivity contribution in [1.29, 1.82) is 0 Å². The molecule has 1 aromatic heterocycles. The van der Waals surface area contributed by atoms with E-state index in [-0.39, 0.29) is 5.56 Å². The molecule has 2 aromatic rings. The van der Waals surface area contributed by atoms with Crippen LogP contribution in [0, 0.1) is 6.92 Å². The molecule has 0 unspecified atom stereocenters. The quantitative estimate of drug-likeness (QED) is 0.751. The Kier molecular flexibility index (Phi) is 1.96. The highest BCUT2D eigenvalue weighted by Gasteiger charge is 2.01. The maximum atomic E-state index is 11.1. The van der Waals surface area contributed by atoms with Crippen molar-refractivity contribution >= 4 is 26.8 Å². The minimum absolute atomic E-state index is 0.0706. The fourth-order valence-corrected chi connectivity index (χ4v) is 1.81. The van der Waals surface area contributed by atoms with Gasteiger partial charge >= 0.3 is 0 Å². The smallest absolute Gasteiger partial charge is 0.248 e. The van der Waals surface area contributed by atoms with Crippen molar-refractivity contribution in [2.75, 3.05) is 0 Å². The van der Waals surface area contributed by atoms with Crippen molar-refractivity contribution in [2.45, 2.75) is 6.92 Å². The molecule has 0 bridgehead atoms. The normalized spacial score (nSPS) is 10.6. The van der Waals surface area contributed by atoms with E-state index < -0.39 is 0 Å². The summed E-state index contributed by atoms with van der Waals surface area (Å²) in [6.45, 7) is 2.02. The molecule has 0 aliphatic rings. The average Bonchev–Trinajstić information content (AvgIpc) is 2.12. The summed E-state index contributed by atoms with van der Waals surface area (Å²) in [4.78, 5) is 13.9. The number of pyridine rings is 1. The van der Waals surface area contributed by atoms with Gasteiger partial charge in [0.2, 0.25) is 5.56 Å². The van der Waals surface area contributed by atoms with Crippen LogP contribution in [0.4, 0.5) is 0 Å². The number of aromatic nitrogens is 1. The molecule has 2 rings (SSSR count). The molecule has 0 atom stereocenters. The Balaban J connectivity index is 3.00. The number of halogens is 1. The van der Waals surface area contributed by atoms with E-state index in [2.05, 4.69) is 20.9 Å². The monoisotopic (exact) mass is 237 g/mol. The number of aromatic amines is 1. The Bertz CT molecular complexity index is 516. The van der Waals surface area contributed by atoms with Crippen LogP contribution in [0.3, 0.4) is 0 Å². The number of rotatable bonds is 0. The van der Waals surface area contributed by atoms with Crippen LogP contribution in [0.2, 0.25) is 0 Å². The van der Waals surface area contributed by atoms with Crippen molar-refractivity contribution in [3.05, 3.63) is 44.7 Å². The van der Waals surface area contributed by atoms with E-state index in [1.807, 2.05) is 25.1 Å². The van der Waals surface area contributed by atoms with Gasteiger partial charge < -0.3 is 4.98 Å². The summed E-state index contributed by atoms with van der Waals surface area (Å²) in [5.74, 6) is 0. The average molecular weight is 238 g/mol. The van der Waals surface area contributed by atoms with E-state index in [1.165, 1.54) is 0 Å². The van der Waals surface area contributed by atoms with Crippen LogP contribution in [0.25, 0.3) is 10.9 Å². The van der Waals surface area contributed by atoms with E-state index in [0.29, 0.717) is 0 Å². The first-order valence-electron chi connectivity index (χ1n) is 3.96. The lowest BCUT2D eigenvalue weighted by Crippen LogP contribution is -2.03. The van der Waals surface area contributed by atoms with Gasteiger partial charge in [-0.1, -0.05) is 6.07 Å². The van der Waals surface area contributed by atoms with Crippen molar-refractivity contribution in [1.82, 2.24) is 4.98 Å². The first-order valence-corrected chi connectivity index (χ1v) is 4.76. The summed E-state index contributed by atoms with van der Waals surface area (Å²) >= 11 is 3.40. The van der Waals surface area contributed by atoms with Gasteiger partial charge in [0.15, 0.2) is 0 Å². The van der Waals surface area contributed by atoms with Crippen LogP contribution >= 0.6 is 15.9 Å². The topological polar surface area (TPSA) is 32.9 Å². The molecule has 0 radical (unpaired) electrons. The first kappa shape index (κ1) is 8.51. The Morgan fingerprint density at radius 2 is 2.00 bits per heavy atom. The summed E-state index contributed by atoms with van der Waals surface area (Å²) < 4.78 is 0.922. The van der Waals surface area contributed by atoms with E-state index >= 15 is 0 Å². The minimum Gasteiger partial charge on any atom is -0.321 e. The predicted molar refractivity (Wildman–Crippen MR) is 57.0 cm³/mol. The molecule has 2 nitrogen and oxygen atoms in total. The molecule has 0 aliphatic heterocycles. The molecule has 66 valence electrons. The lowest BCUT2D eigenvalue weighted by Gasteiger charge is -2.02. The number of hydrogen-bond acceptors (Lipinski definition) is 1. The number of benzene rings is 1. The lowest BCUT2D eigenvalue weighted by atomic mass is 10.1. The van der Waals surface area contributed by atoms with Gasteiger partial charge in [0.25, 0.3) is 0 Å². The van der Waals surface area contributed by atoms with Crippen molar-refractivity contribution in [3.8, 4) is 0 Å². The minimum atomic E-state index is -0.0706. The molecule has 0 aliphatic carbocycles. The summed E-state index contributed by atoms with van der Waals surface area (Å²) in [5, 5.41) is 1.08. The van der Waals surface area contributed by atoms with Crippen molar-refractivity contribution < 1.29 is 0 Å². The SMILES string of the molecule is Cc1ccc(Br)c2[nH]c(=O)ccc12. The van der Waals surface area contributed by atoms with Gasteiger partial charge in [-0.3, -0.25) is 4.79 Å². The van der Waals surface area contributed by atoms with Crippen molar-refractivity contribution in [2.24, 2.45) is 0 Å². The molecule has 3 heteroatoms. The standard InChI is InChI=1S/C10H8BrNO/c1-6-2-4-8(11)10-7(6)3-5-9(13)12-10/h2-5H,1H3,(H,12,13). The second kappa shape index (κ2) is 3.00. The van der Waals surface area contributed by atoms with Crippen LogP contribution in [0.5, 0.6) is 0 Å². The fourth-order valence-electron chi connectivity index (χ4n) is 1.36. The van der Waals surface area contributed by atoms with Crippen LogP contribution in [0.15, 0.2) is 33.5 Å². The molecule has 0 amide bonds. The third kappa shape index (κ3) is 1.40. The summed E-state index contributed by atoms with van der Waals surface area (Å²) in [6, 6.07) is 7.34. The Morgan fingerprint density at radius 1 is 1.23 bits per heavy atom. The number of hydrogen-bond donors (Lipinski definition) is 1. The lowest BCUT2D eigenvalue weighted by molar-refractivity contribution is 1.29. The van der Waals surface area contributed by atoms with Gasteiger partial charge in [0.1, 0.15) is 0 Å². The van der Waals surface area contributed by atoms with E-state index in [1.54, 1.807) is 6.07 Å². The van der Waals surface area contributed by atoms with E-state index in [0.717, 1.165) is 20.9 Å². The Labute approximate surface area is 83.7 Å². The molecule has 0 fully saturated rings. The van der Waals surface area contributed by atoms with Crippen LogP contribution in [0.1, 0.15) is 5.56 Å². The molecular weight excluding hydrogens is 230 g/mol. The second-order valence-corrected chi connectivity index (χ2v) is 3.83. The Hall–Kier alpha value is -1.09. The highest BCUT2D eigenvalue weighted by atomic mass is 79.9. The number of aryl methyl sites for hydroxylation is 1. The van der Waals surface area contributed by atoms with Crippen molar-refractivity contribution in [3.63, 3.8) is 0 Å². The van der Waals surface area contributed by atoms with Gasteiger partial charge in [0, 0.05) is 15.9 Å². The van der Waals surface area contributed by atoms with Crippen LogP contribution < -0.4 is 5.56 Å². The maximum absolute atomic E-state index is 11.1. The predicted octanol–water partition coefficient (Wildman–Crippen LogP) is 2.60. The van der Waals surface area contributed by atoms with Crippen LogP contribution in [-0.2, 0) is 0 Å². The molecule has 1 heterocycles. The third-order valence-electron chi connectivity index (χ3n) is 2.06. The number of nitrogens with one attached hydrogen (secondary N) is 1. The zero-order valence-corrected chi connectivity index (χ0v) is 8.68. The van der Waals surface area contributed by atoms with Gasteiger partial charge in [-0.15, -0.1) is 0 Å².